The van der Waals surface area contributed by atoms with Crippen LogP contribution in [0.4, 0.5) is 11.4 Å². The Morgan fingerprint density at radius 1 is 0.784 bits per heavy atom. The van der Waals surface area contributed by atoms with Gasteiger partial charge in [-0.15, -0.1) is 0 Å². The van der Waals surface area contributed by atoms with Crippen LogP contribution >= 0.6 is 11.8 Å². The second-order valence-corrected chi connectivity index (χ2v) is 8.81. The molecule has 4 aromatic carbocycles. The summed E-state index contributed by atoms with van der Waals surface area (Å²) in [6.07, 6.45) is 0. The zero-order valence-corrected chi connectivity index (χ0v) is 20.8. The van der Waals surface area contributed by atoms with Crippen LogP contribution < -0.4 is 14.8 Å². The molecule has 0 radical (unpaired) electrons. The molecule has 9 heteroatoms. The molecule has 0 aliphatic rings. The van der Waals surface area contributed by atoms with Gasteiger partial charge in [-0.05, 0) is 30.3 Å². The minimum absolute atomic E-state index is 0.0290. The van der Waals surface area contributed by atoms with Crippen molar-refractivity contribution in [2.45, 2.75) is 9.79 Å². The van der Waals surface area contributed by atoms with E-state index < -0.39 is 10.8 Å². The van der Waals surface area contributed by atoms with E-state index in [-0.39, 0.29) is 34.1 Å². The Hall–Kier alpha value is -4.63. The summed E-state index contributed by atoms with van der Waals surface area (Å²) in [6.45, 7) is 0. The van der Waals surface area contributed by atoms with E-state index in [0.29, 0.717) is 21.0 Å². The molecule has 0 fully saturated rings. The average molecular weight is 515 g/mol. The number of methoxy groups -OCH3 is 2. The summed E-state index contributed by atoms with van der Waals surface area (Å²) < 4.78 is 10.9. The minimum Gasteiger partial charge on any atom is -0.496 e. The summed E-state index contributed by atoms with van der Waals surface area (Å²) >= 11 is 1.17. The average Bonchev–Trinajstić information content (AvgIpc) is 2.93. The molecule has 0 bridgehead atoms. The highest BCUT2D eigenvalue weighted by atomic mass is 32.2. The molecule has 0 saturated heterocycles. The SMILES string of the molecule is COc1cc(C(=O)c2ccccc2)c(OC)cc1C(=O)Nc1ccccc1Sc1ccccc1[N+](=O)[O-]. The van der Waals surface area contributed by atoms with E-state index in [0.717, 1.165) is 0 Å². The lowest BCUT2D eigenvalue weighted by Crippen LogP contribution is -2.15. The molecule has 0 aromatic heterocycles. The van der Waals surface area contributed by atoms with Crippen molar-refractivity contribution in [2.24, 2.45) is 0 Å². The number of nitrogens with one attached hydrogen (secondary N) is 1. The molecule has 1 N–H and O–H groups in total. The first-order valence-corrected chi connectivity index (χ1v) is 11.9. The number of nitro groups is 1. The first kappa shape index (κ1) is 25.5. The number of ketones is 1. The third-order valence-electron chi connectivity index (χ3n) is 5.46. The first-order chi connectivity index (χ1) is 17.9. The molecule has 4 rings (SSSR count). The highest BCUT2D eigenvalue weighted by molar-refractivity contribution is 7.99. The van der Waals surface area contributed by atoms with Crippen molar-refractivity contribution >= 4 is 34.8 Å². The van der Waals surface area contributed by atoms with Crippen molar-refractivity contribution in [1.29, 1.82) is 0 Å². The number of rotatable bonds is 9. The summed E-state index contributed by atoms with van der Waals surface area (Å²) in [4.78, 5) is 38.5. The smallest absolute Gasteiger partial charge is 0.283 e. The number of carbonyl (C=O) groups is 2. The van der Waals surface area contributed by atoms with E-state index in [1.807, 2.05) is 6.07 Å². The normalized spacial score (nSPS) is 10.4. The van der Waals surface area contributed by atoms with Crippen molar-refractivity contribution in [1.82, 2.24) is 0 Å². The van der Waals surface area contributed by atoms with E-state index in [4.69, 9.17) is 9.47 Å². The Balaban J connectivity index is 1.66. The van der Waals surface area contributed by atoms with Crippen molar-refractivity contribution < 1.29 is 24.0 Å². The van der Waals surface area contributed by atoms with Crippen molar-refractivity contribution in [3.63, 3.8) is 0 Å². The van der Waals surface area contributed by atoms with Gasteiger partial charge in [0.15, 0.2) is 5.78 Å². The van der Waals surface area contributed by atoms with E-state index in [1.165, 1.54) is 44.2 Å². The molecule has 0 aliphatic heterocycles. The summed E-state index contributed by atoms with van der Waals surface area (Å²) in [5, 5.41) is 14.3. The molecule has 0 spiro atoms. The topological polar surface area (TPSA) is 108 Å². The number of ether oxygens (including phenoxy) is 2. The lowest BCUT2D eigenvalue weighted by Gasteiger charge is -2.16. The molecule has 37 heavy (non-hydrogen) atoms. The molecule has 186 valence electrons. The van der Waals surface area contributed by atoms with E-state index in [9.17, 15) is 19.7 Å². The highest BCUT2D eigenvalue weighted by Crippen LogP contribution is 2.39. The standard InChI is InChI=1S/C28H22N2O6S/c1-35-23-17-20(24(36-2)16-19(23)27(31)18-10-4-3-5-11-18)28(32)29-21-12-6-8-14-25(21)37-26-15-9-7-13-22(26)30(33)34/h3-17H,1-2H3,(H,29,32). The molecule has 1 amide bonds. The van der Waals surface area contributed by atoms with Gasteiger partial charge in [0.1, 0.15) is 11.5 Å². The second-order valence-electron chi connectivity index (χ2n) is 7.73. The number of amides is 1. The van der Waals surface area contributed by atoms with Gasteiger partial charge in [-0.25, -0.2) is 0 Å². The quantitative estimate of drug-likeness (QED) is 0.160. The Morgan fingerprint density at radius 2 is 1.35 bits per heavy atom. The third-order valence-corrected chi connectivity index (χ3v) is 6.61. The number of hydrogen-bond acceptors (Lipinski definition) is 7. The van der Waals surface area contributed by atoms with Crippen molar-refractivity contribution in [2.75, 3.05) is 19.5 Å². The number of para-hydroxylation sites is 2. The minimum atomic E-state index is -0.496. The van der Waals surface area contributed by atoms with E-state index in [2.05, 4.69) is 5.32 Å². The van der Waals surface area contributed by atoms with E-state index in [1.54, 1.807) is 66.7 Å². The second kappa shape index (κ2) is 11.4. The van der Waals surface area contributed by atoms with Crippen LogP contribution in [0.15, 0.2) is 101 Å². The van der Waals surface area contributed by atoms with Gasteiger partial charge in [-0.2, -0.15) is 0 Å². The summed E-state index contributed by atoms with van der Waals surface area (Å²) in [5.74, 6) is -0.345. The monoisotopic (exact) mass is 514 g/mol. The zero-order chi connectivity index (χ0) is 26.4. The van der Waals surface area contributed by atoms with Gasteiger partial charge in [0.2, 0.25) is 0 Å². The third kappa shape index (κ3) is 5.62. The molecule has 0 saturated carbocycles. The molecule has 0 unspecified atom stereocenters. The fraction of sp³-hybridized carbons (Fsp3) is 0.0714. The van der Waals surface area contributed by atoms with E-state index >= 15 is 0 Å². The van der Waals surface area contributed by atoms with Crippen molar-refractivity contribution in [3.05, 3.63) is 118 Å². The van der Waals surface area contributed by atoms with Gasteiger partial charge in [0.05, 0.1) is 40.9 Å². The van der Waals surface area contributed by atoms with Crippen LogP contribution in [-0.2, 0) is 0 Å². The molecule has 0 atom stereocenters. The van der Waals surface area contributed by atoms with Gasteiger partial charge >= 0.3 is 0 Å². The first-order valence-electron chi connectivity index (χ1n) is 11.1. The predicted octanol–water partition coefficient (Wildman–Crippen LogP) is 6.25. The van der Waals surface area contributed by atoms with Gasteiger partial charge in [-0.3, -0.25) is 19.7 Å². The number of anilines is 1. The summed E-state index contributed by atoms with van der Waals surface area (Å²) in [7, 11) is 2.83. The number of nitro benzene ring substituents is 1. The molecule has 4 aromatic rings. The number of benzene rings is 4. The van der Waals surface area contributed by atoms with Gasteiger partial charge < -0.3 is 14.8 Å². The van der Waals surface area contributed by atoms with Crippen LogP contribution in [-0.4, -0.2) is 30.8 Å². The maximum Gasteiger partial charge on any atom is 0.283 e. The van der Waals surface area contributed by atoms with Crippen LogP contribution in [0, 0.1) is 10.1 Å². The Labute approximate surface area is 217 Å². The Morgan fingerprint density at radius 3 is 2.03 bits per heavy atom. The predicted molar refractivity (Wildman–Crippen MR) is 141 cm³/mol. The highest BCUT2D eigenvalue weighted by Gasteiger charge is 2.23. The number of nitrogens with zero attached hydrogens (tertiary/aromatic N) is 1. The molecule has 0 aliphatic carbocycles. The maximum atomic E-state index is 13.3. The lowest BCUT2D eigenvalue weighted by molar-refractivity contribution is -0.387. The number of hydrogen-bond donors (Lipinski definition) is 1. The van der Waals surface area contributed by atoms with Crippen LogP contribution in [0.1, 0.15) is 26.3 Å². The molecule has 0 heterocycles. The molecule has 8 nitrogen and oxygen atoms in total. The maximum absolute atomic E-state index is 13.3. The Kier molecular flexibility index (Phi) is 7.85. The van der Waals surface area contributed by atoms with Crippen molar-refractivity contribution in [3.8, 4) is 11.5 Å². The lowest BCUT2D eigenvalue weighted by atomic mass is 9.99. The fourth-order valence-electron chi connectivity index (χ4n) is 3.66. The zero-order valence-electron chi connectivity index (χ0n) is 20.0. The van der Waals surface area contributed by atoms with Crippen LogP contribution in [0.3, 0.4) is 0 Å². The molecular formula is C28H22N2O6S. The summed E-state index contributed by atoms with van der Waals surface area (Å²) in [5.41, 5.74) is 1.32. The van der Waals surface area contributed by atoms with Crippen LogP contribution in [0.2, 0.25) is 0 Å². The Bertz CT molecular complexity index is 1470. The number of carbonyl (C=O) groups excluding carboxylic acids is 2. The summed E-state index contributed by atoms with van der Waals surface area (Å²) in [6, 6.07) is 25.1. The fourth-order valence-corrected chi connectivity index (χ4v) is 4.67. The van der Waals surface area contributed by atoms with Gasteiger partial charge in [0, 0.05) is 16.5 Å². The van der Waals surface area contributed by atoms with Crippen LogP contribution in [0.5, 0.6) is 11.5 Å². The van der Waals surface area contributed by atoms with Crippen LogP contribution in [0.25, 0.3) is 0 Å². The largest absolute Gasteiger partial charge is 0.496 e. The van der Waals surface area contributed by atoms with Gasteiger partial charge in [0.25, 0.3) is 11.6 Å². The van der Waals surface area contributed by atoms with Gasteiger partial charge in [-0.1, -0.05) is 66.4 Å². The molecular weight excluding hydrogens is 492 g/mol.